The van der Waals surface area contributed by atoms with Gasteiger partial charge in [-0.25, -0.2) is 0 Å². The van der Waals surface area contributed by atoms with Crippen LogP contribution in [0.1, 0.15) is 37.8 Å². The van der Waals surface area contributed by atoms with Gasteiger partial charge in [0.2, 0.25) is 0 Å². The molecule has 1 aliphatic carbocycles. The minimum atomic E-state index is 0.217. The number of fused-ring (bicyclic) bond motifs is 1. The molecule has 1 fully saturated rings. The average molecular weight is 255 g/mol. The molecule has 0 saturated heterocycles. The number of benzene rings is 1. The van der Waals surface area contributed by atoms with Crippen LogP contribution in [-0.4, -0.2) is 4.98 Å². The summed E-state index contributed by atoms with van der Waals surface area (Å²) in [4.78, 5) is 4.55. The lowest BCUT2D eigenvalue weighted by Gasteiger charge is -2.26. The maximum atomic E-state index is 5.81. The topological polar surface area (TPSA) is 50.9 Å². The van der Waals surface area contributed by atoms with Crippen molar-refractivity contribution in [3.63, 3.8) is 0 Å². The Morgan fingerprint density at radius 1 is 1.32 bits per heavy atom. The lowest BCUT2D eigenvalue weighted by atomic mass is 9.86. The van der Waals surface area contributed by atoms with Crippen molar-refractivity contribution in [2.75, 3.05) is 0 Å². The fourth-order valence-corrected chi connectivity index (χ4v) is 3.39. The number of hydrogen-bond acceptors (Lipinski definition) is 3. The van der Waals surface area contributed by atoms with E-state index in [9.17, 15) is 0 Å². The normalized spacial score (nSPS) is 24.7. The molecule has 3 N–H and O–H groups in total. The molecule has 19 heavy (non-hydrogen) atoms. The molecule has 3 atom stereocenters. The van der Waals surface area contributed by atoms with Crippen molar-refractivity contribution in [3.8, 4) is 0 Å². The van der Waals surface area contributed by atoms with Crippen LogP contribution in [0.25, 0.3) is 10.9 Å². The standard InChI is InChI=1S/C16H21N3/c1-11-5-4-7-14(11)16(19-17)13-9-12-6-2-3-8-15(12)18-10-13/h2-3,6,8-11,14,16,19H,4-5,7,17H2,1H3. The van der Waals surface area contributed by atoms with Crippen molar-refractivity contribution >= 4 is 10.9 Å². The molecular weight excluding hydrogens is 234 g/mol. The quantitative estimate of drug-likeness (QED) is 0.654. The number of hydrogen-bond donors (Lipinski definition) is 2. The summed E-state index contributed by atoms with van der Waals surface area (Å²) < 4.78 is 0. The Morgan fingerprint density at radius 3 is 2.89 bits per heavy atom. The van der Waals surface area contributed by atoms with Gasteiger partial charge in [-0.05, 0) is 36.0 Å². The van der Waals surface area contributed by atoms with Crippen LogP contribution in [0.15, 0.2) is 36.5 Å². The molecule has 0 aliphatic heterocycles. The molecule has 100 valence electrons. The zero-order chi connectivity index (χ0) is 13.2. The summed E-state index contributed by atoms with van der Waals surface area (Å²) in [5, 5.41) is 1.19. The highest BCUT2D eigenvalue weighted by atomic mass is 15.2. The predicted octanol–water partition coefficient (Wildman–Crippen LogP) is 3.18. The van der Waals surface area contributed by atoms with Crippen LogP contribution in [-0.2, 0) is 0 Å². The molecule has 0 spiro atoms. The van der Waals surface area contributed by atoms with Gasteiger partial charge in [0.15, 0.2) is 0 Å². The maximum absolute atomic E-state index is 5.81. The van der Waals surface area contributed by atoms with E-state index in [1.165, 1.54) is 30.2 Å². The van der Waals surface area contributed by atoms with Gasteiger partial charge in [0.1, 0.15) is 0 Å². The van der Waals surface area contributed by atoms with Gasteiger partial charge in [0.25, 0.3) is 0 Å². The lowest BCUT2D eigenvalue weighted by Crippen LogP contribution is -2.34. The first-order chi connectivity index (χ1) is 9.29. The molecule has 3 rings (SSSR count). The van der Waals surface area contributed by atoms with E-state index in [1.54, 1.807) is 0 Å². The minimum absolute atomic E-state index is 0.217. The second-order valence-electron chi connectivity index (χ2n) is 5.68. The molecule has 1 aromatic heterocycles. The molecule has 0 amide bonds. The van der Waals surface area contributed by atoms with Gasteiger partial charge < -0.3 is 0 Å². The third-order valence-electron chi connectivity index (χ3n) is 4.51. The highest BCUT2D eigenvalue weighted by Gasteiger charge is 2.31. The van der Waals surface area contributed by atoms with E-state index in [4.69, 9.17) is 5.84 Å². The maximum Gasteiger partial charge on any atom is 0.0702 e. The van der Waals surface area contributed by atoms with E-state index in [-0.39, 0.29) is 6.04 Å². The van der Waals surface area contributed by atoms with Gasteiger partial charge in [-0.2, -0.15) is 0 Å². The summed E-state index contributed by atoms with van der Waals surface area (Å²) in [5.41, 5.74) is 5.27. The summed E-state index contributed by atoms with van der Waals surface area (Å²) in [7, 11) is 0. The van der Waals surface area contributed by atoms with Crippen LogP contribution in [0, 0.1) is 11.8 Å². The summed E-state index contributed by atoms with van der Waals surface area (Å²) in [6.07, 6.45) is 5.84. The molecule has 0 bridgehead atoms. The number of nitrogens with zero attached hydrogens (tertiary/aromatic N) is 1. The predicted molar refractivity (Wildman–Crippen MR) is 78.3 cm³/mol. The molecule has 1 heterocycles. The summed E-state index contributed by atoms with van der Waals surface area (Å²) in [5.74, 6) is 7.16. The number of rotatable bonds is 3. The number of nitrogens with one attached hydrogen (secondary N) is 1. The molecule has 3 nitrogen and oxygen atoms in total. The number of para-hydroxylation sites is 1. The fraction of sp³-hybridized carbons (Fsp3) is 0.438. The summed E-state index contributed by atoms with van der Waals surface area (Å²) in [6, 6.07) is 10.7. The second-order valence-corrected chi connectivity index (χ2v) is 5.68. The third-order valence-corrected chi connectivity index (χ3v) is 4.51. The van der Waals surface area contributed by atoms with Gasteiger partial charge in [0, 0.05) is 11.6 Å². The van der Waals surface area contributed by atoms with Crippen LogP contribution >= 0.6 is 0 Å². The zero-order valence-corrected chi connectivity index (χ0v) is 11.3. The zero-order valence-electron chi connectivity index (χ0n) is 11.3. The first-order valence-corrected chi connectivity index (χ1v) is 7.10. The van der Waals surface area contributed by atoms with Crippen molar-refractivity contribution in [2.24, 2.45) is 17.7 Å². The van der Waals surface area contributed by atoms with E-state index < -0.39 is 0 Å². The molecule has 3 heteroatoms. The first-order valence-electron chi connectivity index (χ1n) is 7.10. The van der Waals surface area contributed by atoms with Crippen LogP contribution in [0.3, 0.4) is 0 Å². The highest BCUT2D eigenvalue weighted by Crippen LogP contribution is 2.39. The lowest BCUT2D eigenvalue weighted by molar-refractivity contribution is 0.304. The van der Waals surface area contributed by atoms with Crippen molar-refractivity contribution in [1.29, 1.82) is 0 Å². The Hall–Kier alpha value is -1.45. The fourth-order valence-electron chi connectivity index (χ4n) is 3.39. The number of nitrogens with two attached hydrogens (primary N) is 1. The van der Waals surface area contributed by atoms with Gasteiger partial charge in [-0.1, -0.05) is 38.0 Å². The van der Waals surface area contributed by atoms with Crippen LogP contribution in [0.5, 0.6) is 0 Å². The second kappa shape index (κ2) is 5.27. The third kappa shape index (κ3) is 2.36. The van der Waals surface area contributed by atoms with Gasteiger partial charge in [-0.3, -0.25) is 16.3 Å². The van der Waals surface area contributed by atoms with E-state index in [0.717, 1.165) is 11.4 Å². The van der Waals surface area contributed by atoms with Gasteiger partial charge >= 0.3 is 0 Å². The highest BCUT2D eigenvalue weighted by molar-refractivity contribution is 5.78. The Kier molecular flexibility index (Phi) is 3.49. The molecule has 0 radical (unpaired) electrons. The molecule has 1 aliphatic rings. The van der Waals surface area contributed by atoms with E-state index in [2.05, 4.69) is 35.5 Å². The van der Waals surface area contributed by atoms with Gasteiger partial charge in [0.05, 0.1) is 11.6 Å². The first kappa shape index (κ1) is 12.6. The molecular formula is C16H21N3. The van der Waals surface area contributed by atoms with Crippen LogP contribution in [0.2, 0.25) is 0 Å². The van der Waals surface area contributed by atoms with E-state index in [1.807, 2.05) is 18.3 Å². The van der Waals surface area contributed by atoms with Crippen molar-refractivity contribution in [2.45, 2.75) is 32.2 Å². The number of aromatic nitrogens is 1. The van der Waals surface area contributed by atoms with Crippen molar-refractivity contribution < 1.29 is 0 Å². The smallest absolute Gasteiger partial charge is 0.0702 e. The van der Waals surface area contributed by atoms with E-state index >= 15 is 0 Å². The average Bonchev–Trinajstić information content (AvgIpc) is 2.86. The Balaban J connectivity index is 1.96. The van der Waals surface area contributed by atoms with Crippen LogP contribution in [0.4, 0.5) is 0 Å². The van der Waals surface area contributed by atoms with Crippen molar-refractivity contribution in [3.05, 3.63) is 42.1 Å². The van der Waals surface area contributed by atoms with Gasteiger partial charge in [-0.15, -0.1) is 0 Å². The van der Waals surface area contributed by atoms with Crippen molar-refractivity contribution in [1.82, 2.24) is 10.4 Å². The summed E-state index contributed by atoms with van der Waals surface area (Å²) >= 11 is 0. The SMILES string of the molecule is CC1CCCC1C(NN)c1cnc2ccccc2c1. The largest absolute Gasteiger partial charge is 0.271 e. The summed E-state index contributed by atoms with van der Waals surface area (Å²) in [6.45, 7) is 2.33. The Labute approximate surface area is 114 Å². The Bertz CT molecular complexity index is 567. The molecule has 2 aromatic rings. The van der Waals surface area contributed by atoms with Crippen LogP contribution < -0.4 is 11.3 Å². The number of pyridine rings is 1. The molecule has 1 aromatic carbocycles. The molecule has 3 unspecified atom stereocenters. The number of hydrazine groups is 1. The monoisotopic (exact) mass is 255 g/mol. The minimum Gasteiger partial charge on any atom is -0.271 e. The van der Waals surface area contributed by atoms with E-state index in [0.29, 0.717) is 5.92 Å². The Morgan fingerprint density at radius 2 is 2.16 bits per heavy atom. The molecule has 1 saturated carbocycles.